The maximum Gasteiger partial charge on any atom is 0.194 e. The van der Waals surface area contributed by atoms with Crippen molar-refractivity contribution in [2.75, 3.05) is 14.2 Å². The van der Waals surface area contributed by atoms with Crippen LogP contribution in [0.15, 0.2) is 34.8 Å². The molecule has 0 saturated heterocycles. The van der Waals surface area contributed by atoms with Gasteiger partial charge in [-0.05, 0) is 53.5 Å². The lowest BCUT2D eigenvalue weighted by Gasteiger charge is -2.12. The lowest BCUT2D eigenvalue weighted by molar-refractivity contribution is 0.103. The van der Waals surface area contributed by atoms with E-state index in [0.29, 0.717) is 27.1 Å². The third-order valence-electron chi connectivity index (χ3n) is 3.36. The molecule has 0 N–H and O–H groups in total. The Bertz CT molecular complexity index is 693. The quantitative estimate of drug-likeness (QED) is 0.772. The lowest BCUT2D eigenvalue weighted by atomic mass is 9.97. The number of rotatable bonds is 4. The van der Waals surface area contributed by atoms with Crippen LogP contribution < -0.4 is 9.47 Å². The number of ketones is 1. The zero-order valence-corrected chi connectivity index (χ0v) is 14.1. The molecule has 4 heteroatoms. The first-order chi connectivity index (χ1) is 9.97. The van der Waals surface area contributed by atoms with E-state index in [2.05, 4.69) is 15.9 Å². The summed E-state index contributed by atoms with van der Waals surface area (Å²) in [5.41, 5.74) is 3.26. The maximum atomic E-state index is 12.8. The van der Waals surface area contributed by atoms with Crippen molar-refractivity contribution in [1.29, 1.82) is 0 Å². The molecule has 2 aromatic carbocycles. The van der Waals surface area contributed by atoms with Gasteiger partial charge in [0.25, 0.3) is 0 Å². The van der Waals surface area contributed by atoms with Crippen molar-refractivity contribution in [3.05, 3.63) is 57.1 Å². The van der Waals surface area contributed by atoms with Crippen molar-refractivity contribution in [1.82, 2.24) is 0 Å². The SMILES string of the molecule is COc1cc(Br)c(C(=O)c2cc(C)ccc2C)cc1OC. The molecule has 0 aliphatic heterocycles. The molecule has 0 radical (unpaired) electrons. The van der Waals surface area contributed by atoms with Gasteiger partial charge in [0, 0.05) is 15.6 Å². The third-order valence-corrected chi connectivity index (χ3v) is 4.01. The second kappa shape index (κ2) is 6.31. The van der Waals surface area contributed by atoms with E-state index in [4.69, 9.17) is 9.47 Å². The summed E-state index contributed by atoms with van der Waals surface area (Å²) in [6.07, 6.45) is 0. The van der Waals surface area contributed by atoms with Gasteiger partial charge >= 0.3 is 0 Å². The maximum absolute atomic E-state index is 12.8. The standard InChI is InChI=1S/C17H17BrO3/c1-10-5-6-11(2)12(7-10)17(19)13-8-15(20-3)16(21-4)9-14(13)18/h5-9H,1-4H3. The molecule has 0 spiro atoms. The highest BCUT2D eigenvalue weighted by atomic mass is 79.9. The number of hydrogen-bond donors (Lipinski definition) is 0. The van der Waals surface area contributed by atoms with Crippen LogP contribution in [0, 0.1) is 13.8 Å². The summed E-state index contributed by atoms with van der Waals surface area (Å²) in [7, 11) is 3.12. The van der Waals surface area contributed by atoms with Crippen molar-refractivity contribution < 1.29 is 14.3 Å². The molecule has 0 fully saturated rings. The molecule has 2 aromatic rings. The predicted molar refractivity (Wildman–Crippen MR) is 86.6 cm³/mol. The van der Waals surface area contributed by atoms with Crippen LogP contribution in [0.25, 0.3) is 0 Å². The van der Waals surface area contributed by atoms with Gasteiger partial charge < -0.3 is 9.47 Å². The van der Waals surface area contributed by atoms with E-state index in [1.54, 1.807) is 26.4 Å². The van der Waals surface area contributed by atoms with Gasteiger partial charge in [0.15, 0.2) is 17.3 Å². The van der Waals surface area contributed by atoms with E-state index < -0.39 is 0 Å². The number of carbonyl (C=O) groups excluding carboxylic acids is 1. The number of methoxy groups -OCH3 is 2. The van der Waals surface area contributed by atoms with E-state index in [9.17, 15) is 4.79 Å². The van der Waals surface area contributed by atoms with Crippen LogP contribution in [-0.4, -0.2) is 20.0 Å². The third kappa shape index (κ3) is 3.10. The zero-order valence-electron chi connectivity index (χ0n) is 12.5. The zero-order chi connectivity index (χ0) is 15.6. The number of ether oxygens (including phenoxy) is 2. The largest absolute Gasteiger partial charge is 0.493 e. The van der Waals surface area contributed by atoms with E-state index >= 15 is 0 Å². The average molecular weight is 349 g/mol. The van der Waals surface area contributed by atoms with E-state index in [1.807, 2.05) is 32.0 Å². The van der Waals surface area contributed by atoms with Crippen LogP contribution in [0.2, 0.25) is 0 Å². The first-order valence-electron chi connectivity index (χ1n) is 6.51. The van der Waals surface area contributed by atoms with Crippen LogP contribution in [0.5, 0.6) is 11.5 Å². The Morgan fingerprint density at radius 2 is 1.57 bits per heavy atom. The first kappa shape index (κ1) is 15.6. The summed E-state index contributed by atoms with van der Waals surface area (Å²) in [5, 5.41) is 0. The summed E-state index contributed by atoms with van der Waals surface area (Å²) >= 11 is 3.44. The van der Waals surface area contributed by atoms with Crippen molar-refractivity contribution >= 4 is 21.7 Å². The van der Waals surface area contributed by atoms with Crippen molar-refractivity contribution in [2.45, 2.75) is 13.8 Å². The number of aryl methyl sites for hydroxylation is 2. The topological polar surface area (TPSA) is 35.5 Å². The van der Waals surface area contributed by atoms with Gasteiger partial charge in [-0.25, -0.2) is 0 Å². The number of hydrogen-bond acceptors (Lipinski definition) is 3. The molecule has 0 aromatic heterocycles. The Hall–Kier alpha value is -1.81. The Morgan fingerprint density at radius 1 is 0.952 bits per heavy atom. The Morgan fingerprint density at radius 3 is 2.19 bits per heavy atom. The average Bonchev–Trinajstić information content (AvgIpc) is 2.48. The summed E-state index contributed by atoms with van der Waals surface area (Å²) in [6, 6.07) is 9.30. The van der Waals surface area contributed by atoms with Gasteiger partial charge in [0.1, 0.15) is 0 Å². The first-order valence-corrected chi connectivity index (χ1v) is 7.30. The smallest absolute Gasteiger partial charge is 0.194 e. The molecule has 21 heavy (non-hydrogen) atoms. The minimum atomic E-state index is -0.0379. The van der Waals surface area contributed by atoms with E-state index in [0.717, 1.165) is 11.1 Å². The minimum Gasteiger partial charge on any atom is -0.493 e. The summed E-state index contributed by atoms with van der Waals surface area (Å²) in [5.74, 6) is 1.08. The summed E-state index contributed by atoms with van der Waals surface area (Å²) in [6.45, 7) is 3.90. The fourth-order valence-electron chi connectivity index (χ4n) is 2.15. The van der Waals surface area contributed by atoms with E-state index in [1.165, 1.54) is 0 Å². The van der Waals surface area contributed by atoms with Crippen molar-refractivity contribution in [3.63, 3.8) is 0 Å². The Kier molecular flexibility index (Phi) is 4.68. The molecule has 0 amide bonds. The second-order valence-electron chi connectivity index (χ2n) is 4.83. The van der Waals surface area contributed by atoms with Gasteiger partial charge in [0.2, 0.25) is 0 Å². The molecule has 0 heterocycles. The van der Waals surface area contributed by atoms with Gasteiger partial charge in [0.05, 0.1) is 14.2 Å². The van der Waals surface area contributed by atoms with Crippen LogP contribution in [-0.2, 0) is 0 Å². The van der Waals surface area contributed by atoms with Crippen LogP contribution in [0.3, 0.4) is 0 Å². The minimum absolute atomic E-state index is 0.0379. The van der Waals surface area contributed by atoms with Gasteiger partial charge in [-0.15, -0.1) is 0 Å². The van der Waals surface area contributed by atoms with Crippen LogP contribution >= 0.6 is 15.9 Å². The molecule has 3 nitrogen and oxygen atoms in total. The number of benzene rings is 2. The number of carbonyl (C=O) groups is 1. The molecule has 0 aliphatic carbocycles. The van der Waals surface area contributed by atoms with Gasteiger partial charge in [-0.3, -0.25) is 4.79 Å². The van der Waals surface area contributed by atoms with Crippen molar-refractivity contribution in [3.8, 4) is 11.5 Å². The van der Waals surface area contributed by atoms with E-state index in [-0.39, 0.29) is 5.78 Å². The molecule has 2 rings (SSSR count). The Balaban J connectivity index is 2.55. The highest BCUT2D eigenvalue weighted by Gasteiger charge is 2.18. The van der Waals surface area contributed by atoms with Gasteiger partial charge in [-0.2, -0.15) is 0 Å². The monoisotopic (exact) mass is 348 g/mol. The Labute approximate surface area is 133 Å². The normalized spacial score (nSPS) is 10.3. The molecular weight excluding hydrogens is 332 g/mol. The van der Waals surface area contributed by atoms with Crippen molar-refractivity contribution in [2.24, 2.45) is 0 Å². The molecular formula is C17H17BrO3. The highest BCUT2D eigenvalue weighted by Crippen LogP contribution is 2.34. The fraction of sp³-hybridized carbons (Fsp3) is 0.235. The molecule has 0 atom stereocenters. The predicted octanol–water partition coefficient (Wildman–Crippen LogP) is 4.31. The summed E-state index contributed by atoms with van der Waals surface area (Å²) in [4.78, 5) is 12.8. The summed E-state index contributed by atoms with van der Waals surface area (Å²) < 4.78 is 11.2. The molecule has 0 bridgehead atoms. The second-order valence-corrected chi connectivity index (χ2v) is 5.69. The molecule has 110 valence electrons. The molecule has 0 aliphatic rings. The molecule has 0 saturated carbocycles. The lowest BCUT2D eigenvalue weighted by Crippen LogP contribution is -2.06. The highest BCUT2D eigenvalue weighted by molar-refractivity contribution is 9.10. The van der Waals surface area contributed by atoms with Crippen LogP contribution in [0.1, 0.15) is 27.0 Å². The van der Waals surface area contributed by atoms with Crippen LogP contribution in [0.4, 0.5) is 0 Å². The fourth-order valence-corrected chi connectivity index (χ4v) is 2.66. The van der Waals surface area contributed by atoms with Gasteiger partial charge in [-0.1, -0.05) is 17.7 Å². The molecule has 0 unspecified atom stereocenters. The number of halogens is 1.